The number of nitrogens with zero attached hydrogens (tertiary/aromatic N) is 2. The molecule has 0 unspecified atom stereocenters. The molecule has 70 valence electrons. The van der Waals surface area contributed by atoms with Crippen molar-refractivity contribution in [1.82, 2.24) is 15.3 Å². The van der Waals surface area contributed by atoms with Gasteiger partial charge in [-0.1, -0.05) is 0 Å². The van der Waals surface area contributed by atoms with E-state index in [0.717, 1.165) is 0 Å². The Morgan fingerprint density at radius 1 is 1.62 bits per heavy atom. The fourth-order valence-electron chi connectivity index (χ4n) is 0.861. The van der Waals surface area contributed by atoms with Crippen molar-refractivity contribution in [3.8, 4) is 0 Å². The van der Waals surface area contributed by atoms with Crippen molar-refractivity contribution in [3.05, 3.63) is 23.8 Å². The second kappa shape index (κ2) is 4.51. The number of carbonyl (C=O) groups is 1. The van der Waals surface area contributed by atoms with Crippen LogP contribution in [0.15, 0.2) is 12.4 Å². The molecule has 1 N–H and O–H groups in total. The molecular weight excluding hydrogens is 170 g/mol. The average Bonchev–Trinajstić information content (AvgIpc) is 2.18. The summed E-state index contributed by atoms with van der Waals surface area (Å²) in [7, 11) is 3.11. The molecule has 0 fully saturated rings. The fraction of sp³-hybridized carbons (Fsp3) is 0.375. The van der Waals surface area contributed by atoms with Crippen molar-refractivity contribution >= 4 is 5.91 Å². The fourth-order valence-corrected chi connectivity index (χ4v) is 0.861. The number of carbonyl (C=O) groups excluding carboxylic acids is 1. The molecule has 5 heteroatoms. The van der Waals surface area contributed by atoms with E-state index in [1.807, 2.05) is 0 Å². The van der Waals surface area contributed by atoms with Crippen molar-refractivity contribution < 1.29 is 9.53 Å². The standard InChI is InChI=1S/C8H11N3O2/c1-9-8(12)7-4-10-3-6(11-7)5-13-2/h3-4H,5H2,1-2H3,(H,9,12). The summed E-state index contributed by atoms with van der Waals surface area (Å²) in [6, 6.07) is 0. The van der Waals surface area contributed by atoms with Crippen LogP contribution >= 0.6 is 0 Å². The van der Waals surface area contributed by atoms with Crippen LogP contribution in [-0.2, 0) is 11.3 Å². The molecule has 1 aromatic heterocycles. The van der Waals surface area contributed by atoms with Gasteiger partial charge in [-0.3, -0.25) is 9.78 Å². The van der Waals surface area contributed by atoms with Gasteiger partial charge < -0.3 is 10.1 Å². The smallest absolute Gasteiger partial charge is 0.271 e. The van der Waals surface area contributed by atoms with Gasteiger partial charge in [0, 0.05) is 14.2 Å². The summed E-state index contributed by atoms with van der Waals surface area (Å²) in [5.41, 5.74) is 0.945. The number of methoxy groups -OCH3 is 1. The maximum atomic E-state index is 11.1. The first-order valence-electron chi connectivity index (χ1n) is 3.80. The van der Waals surface area contributed by atoms with Gasteiger partial charge in [-0.25, -0.2) is 4.98 Å². The number of rotatable bonds is 3. The minimum Gasteiger partial charge on any atom is -0.378 e. The van der Waals surface area contributed by atoms with E-state index in [0.29, 0.717) is 18.0 Å². The summed E-state index contributed by atoms with van der Waals surface area (Å²) in [5.74, 6) is -0.245. The van der Waals surface area contributed by atoms with E-state index in [-0.39, 0.29) is 5.91 Å². The molecule has 0 aliphatic heterocycles. The lowest BCUT2D eigenvalue weighted by atomic mass is 10.4. The second-order valence-electron chi connectivity index (χ2n) is 2.41. The molecule has 0 saturated carbocycles. The number of amides is 1. The third-order valence-electron chi connectivity index (χ3n) is 1.44. The number of ether oxygens (including phenoxy) is 1. The molecule has 0 spiro atoms. The lowest BCUT2D eigenvalue weighted by Gasteiger charge is -2.01. The van der Waals surface area contributed by atoms with Gasteiger partial charge in [-0.2, -0.15) is 0 Å². The maximum absolute atomic E-state index is 11.1. The number of aromatic nitrogens is 2. The molecule has 1 rings (SSSR count). The Balaban J connectivity index is 2.85. The Kier molecular flexibility index (Phi) is 3.33. The van der Waals surface area contributed by atoms with Crippen LogP contribution in [0, 0.1) is 0 Å². The van der Waals surface area contributed by atoms with Crippen molar-refractivity contribution in [2.24, 2.45) is 0 Å². The van der Waals surface area contributed by atoms with Gasteiger partial charge in [0.15, 0.2) is 0 Å². The van der Waals surface area contributed by atoms with Gasteiger partial charge in [0.25, 0.3) is 5.91 Å². The van der Waals surface area contributed by atoms with Gasteiger partial charge in [0.05, 0.1) is 24.7 Å². The first-order valence-corrected chi connectivity index (χ1v) is 3.80. The quantitative estimate of drug-likeness (QED) is 0.712. The zero-order chi connectivity index (χ0) is 9.68. The molecule has 5 nitrogen and oxygen atoms in total. The highest BCUT2D eigenvalue weighted by molar-refractivity contribution is 5.91. The Morgan fingerprint density at radius 2 is 2.38 bits per heavy atom. The minimum atomic E-state index is -0.245. The van der Waals surface area contributed by atoms with E-state index in [4.69, 9.17) is 4.74 Å². The molecule has 0 aliphatic carbocycles. The van der Waals surface area contributed by atoms with E-state index < -0.39 is 0 Å². The SMILES string of the molecule is CNC(=O)c1cncc(COC)n1. The summed E-state index contributed by atoms with van der Waals surface area (Å²) in [6.07, 6.45) is 2.98. The molecule has 1 heterocycles. The largest absolute Gasteiger partial charge is 0.378 e. The summed E-state index contributed by atoms with van der Waals surface area (Å²) in [4.78, 5) is 19.0. The predicted molar refractivity (Wildman–Crippen MR) is 46.1 cm³/mol. The zero-order valence-corrected chi connectivity index (χ0v) is 7.57. The first-order chi connectivity index (χ1) is 6.27. The average molecular weight is 181 g/mol. The molecule has 13 heavy (non-hydrogen) atoms. The first kappa shape index (κ1) is 9.60. The molecule has 1 amide bonds. The molecule has 0 aromatic carbocycles. The van der Waals surface area contributed by atoms with E-state index in [1.165, 1.54) is 6.20 Å². The summed E-state index contributed by atoms with van der Waals surface area (Å²) in [5, 5.41) is 2.47. The monoisotopic (exact) mass is 181 g/mol. The normalized spacial score (nSPS) is 9.69. The van der Waals surface area contributed by atoms with Gasteiger partial charge in [-0.15, -0.1) is 0 Å². The second-order valence-corrected chi connectivity index (χ2v) is 2.41. The van der Waals surface area contributed by atoms with Gasteiger partial charge in [0.2, 0.25) is 0 Å². The highest BCUT2D eigenvalue weighted by Crippen LogP contribution is 1.97. The van der Waals surface area contributed by atoms with E-state index in [1.54, 1.807) is 20.4 Å². The lowest BCUT2D eigenvalue weighted by Crippen LogP contribution is -2.20. The van der Waals surface area contributed by atoms with Crippen LogP contribution in [-0.4, -0.2) is 30.0 Å². The third kappa shape index (κ3) is 2.48. The van der Waals surface area contributed by atoms with Crippen molar-refractivity contribution in [2.45, 2.75) is 6.61 Å². The molecule has 0 aliphatic rings. The molecule has 0 saturated heterocycles. The van der Waals surface area contributed by atoms with Gasteiger partial charge in [-0.05, 0) is 0 Å². The van der Waals surface area contributed by atoms with E-state index in [2.05, 4.69) is 15.3 Å². The predicted octanol–water partition coefficient (Wildman–Crippen LogP) is -0.0174. The number of nitrogens with one attached hydrogen (secondary N) is 1. The number of hydrogen-bond acceptors (Lipinski definition) is 4. The van der Waals surface area contributed by atoms with Crippen LogP contribution in [0.5, 0.6) is 0 Å². The molecule has 0 bridgehead atoms. The van der Waals surface area contributed by atoms with E-state index in [9.17, 15) is 4.79 Å². The summed E-state index contributed by atoms with van der Waals surface area (Å²) < 4.78 is 4.86. The Hall–Kier alpha value is -1.49. The highest BCUT2D eigenvalue weighted by Gasteiger charge is 2.05. The van der Waals surface area contributed by atoms with E-state index >= 15 is 0 Å². The summed E-state index contributed by atoms with van der Waals surface area (Å²) >= 11 is 0. The Labute approximate surface area is 76.2 Å². The van der Waals surface area contributed by atoms with Crippen molar-refractivity contribution in [1.29, 1.82) is 0 Å². The molecule has 1 aromatic rings. The summed E-state index contributed by atoms with van der Waals surface area (Å²) in [6.45, 7) is 0.359. The maximum Gasteiger partial charge on any atom is 0.271 e. The highest BCUT2D eigenvalue weighted by atomic mass is 16.5. The van der Waals surface area contributed by atoms with Crippen LogP contribution in [0.25, 0.3) is 0 Å². The third-order valence-corrected chi connectivity index (χ3v) is 1.44. The topological polar surface area (TPSA) is 64.1 Å². The molecular formula is C8H11N3O2. The van der Waals surface area contributed by atoms with Crippen molar-refractivity contribution in [2.75, 3.05) is 14.2 Å². The molecule has 0 atom stereocenters. The van der Waals surface area contributed by atoms with Gasteiger partial charge in [0.1, 0.15) is 5.69 Å². The Bertz CT molecular complexity index is 301. The van der Waals surface area contributed by atoms with Crippen LogP contribution in [0.3, 0.4) is 0 Å². The Morgan fingerprint density at radius 3 is 3.00 bits per heavy atom. The van der Waals surface area contributed by atoms with Gasteiger partial charge >= 0.3 is 0 Å². The van der Waals surface area contributed by atoms with Crippen LogP contribution < -0.4 is 5.32 Å². The number of hydrogen-bond donors (Lipinski definition) is 1. The van der Waals surface area contributed by atoms with Crippen molar-refractivity contribution in [3.63, 3.8) is 0 Å². The lowest BCUT2D eigenvalue weighted by molar-refractivity contribution is 0.0956. The molecule has 0 radical (unpaired) electrons. The van der Waals surface area contributed by atoms with Crippen LogP contribution in [0.1, 0.15) is 16.2 Å². The minimum absolute atomic E-state index is 0.245. The van der Waals surface area contributed by atoms with Crippen LogP contribution in [0.4, 0.5) is 0 Å². The zero-order valence-electron chi connectivity index (χ0n) is 7.57. The van der Waals surface area contributed by atoms with Crippen LogP contribution in [0.2, 0.25) is 0 Å².